The number of hydrogen-bond acceptors (Lipinski definition) is 4. The average molecular weight is 272 g/mol. The number of aromatic nitrogens is 2. The van der Waals surface area contributed by atoms with Crippen LogP contribution in [0.25, 0.3) is 5.69 Å². The van der Waals surface area contributed by atoms with Gasteiger partial charge in [0, 0.05) is 12.2 Å². The lowest BCUT2D eigenvalue weighted by Gasteiger charge is -2.31. The molecule has 0 radical (unpaired) electrons. The summed E-state index contributed by atoms with van der Waals surface area (Å²) >= 11 is 0. The molecule has 1 fully saturated rings. The quantitative estimate of drug-likeness (QED) is 0.717. The van der Waals surface area contributed by atoms with Gasteiger partial charge >= 0.3 is 0 Å². The lowest BCUT2D eigenvalue weighted by molar-refractivity contribution is 0.0560. The van der Waals surface area contributed by atoms with Crippen LogP contribution in [0.3, 0.4) is 0 Å². The van der Waals surface area contributed by atoms with E-state index in [9.17, 15) is 9.90 Å². The second kappa shape index (κ2) is 4.97. The molecule has 0 unspecified atom stereocenters. The summed E-state index contributed by atoms with van der Waals surface area (Å²) in [5.41, 5.74) is 7.56. The maximum atomic E-state index is 12.0. The topological polar surface area (TPSA) is 93.2 Å². The number of carbonyl (C=O) groups is 1. The second-order valence-corrected chi connectivity index (χ2v) is 5.00. The molecule has 2 aromatic rings. The summed E-state index contributed by atoms with van der Waals surface area (Å²) in [6.07, 6.45) is 2.63. The molecule has 1 aliphatic carbocycles. The first-order valence-electron chi connectivity index (χ1n) is 6.53. The van der Waals surface area contributed by atoms with Crippen molar-refractivity contribution in [2.24, 2.45) is 0 Å². The summed E-state index contributed by atoms with van der Waals surface area (Å²) in [6.45, 7) is 0. The summed E-state index contributed by atoms with van der Waals surface area (Å²) in [6, 6.07) is 9.03. The van der Waals surface area contributed by atoms with Gasteiger partial charge in [-0.15, -0.1) is 0 Å². The van der Waals surface area contributed by atoms with E-state index in [4.69, 9.17) is 5.73 Å². The molecule has 1 aromatic heterocycles. The first-order valence-corrected chi connectivity index (χ1v) is 6.53. The number of para-hydroxylation sites is 2. The normalized spacial score (nSPS) is 21.2. The first kappa shape index (κ1) is 12.7. The summed E-state index contributed by atoms with van der Waals surface area (Å²) in [5.74, 6) is -0.227. The van der Waals surface area contributed by atoms with Crippen LogP contribution in [0.5, 0.6) is 0 Å². The maximum absolute atomic E-state index is 12.0. The standard InChI is InChI=1S/C14H16N4O2/c15-11-3-1-2-4-13(11)18-6-5-12(17-18)14(20)16-9-7-10(19)8-9/h1-6,9-10,19H,7-8,15H2,(H,16,20). The molecule has 6 heteroatoms. The minimum atomic E-state index is -0.290. The Morgan fingerprint density at radius 3 is 2.80 bits per heavy atom. The van der Waals surface area contributed by atoms with Gasteiger partial charge in [0.25, 0.3) is 5.91 Å². The summed E-state index contributed by atoms with van der Waals surface area (Å²) < 4.78 is 1.58. The zero-order valence-corrected chi connectivity index (χ0v) is 10.9. The molecule has 3 rings (SSSR count). The van der Waals surface area contributed by atoms with Crippen molar-refractivity contribution >= 4 is 11.6 Å². The Hall–Kier alpha value is -2.34. The van der Waals surface area contributed by atoms with E-state index in [1.807, 2.05) is 18.2 Å². The minimum Gasteiger partial charge on any atom is -0.397 e. The van der Waals surface area contributed by atoms with Crippen LogP contribution in [0.2, 0.25) is 0 Å². The molecule has 104 valence electrons. The molecule has 6 nitrogen and oxygen atoms in total. The van der Waals surface area contributed by atoms with E-state index in [0.29, 0.717) is 24.2 Å². The third-order valence-corrected chi connectivity index (χ3v) is 3.45. The lowest BCUT2D eigenvalue weighted by atomic mass is 9.89. The van der Waals surface area contributed by atoms with Gasteiger partial charge in [0.15, 0.2) is 5.69 Å². The monoisotopic (exact) mass is 272 g/mol. The first-order chi connectivity index (χ1) is 9.63. The van der Waals surface area contributed by atoms with Crippen LogP contribution in [0.1, 0.15) is 23.3 Å². The Labute approximate surface area is 116 Å². The molecule has 0 bridgehead atoms. The fourth-order valence-corrected chi connectivity index (χ4v) is 2.24. The van der Waals surface area contributed by atoms with Crippen molar-refractivity contribution in [3.63, 3.8) is 0 Å². The largest absolute Gasteiger partial charge is 0.397 e. The highest BCUT2D eigenvalue weighted by molar-refractivity contribution is 5.92. The predicted octanol–water partition coefficient (Wildman–Crippen LogP) is 0.708. The van der Waals surface area contributed by atoms with Crippen LogP contribution in [0.4, 0.5) is 5.69 Å². The van der Waals surface area contributed by atoms with E-state index < -0.39 is 0 Å². The second-order valence-electron chi connectivity index (χ2n) is 5.00. The van der Waals surface area contributed by atoms with Crippen molar-refractivity contribution in [2.45, 2.75) is 25.0 Å². The van der Waals surface area contributed by atoms with Gasteiger partial charge in [-0.05, 0) is 31.0 Å². The van der Waals surface area contributed by atoms with Crippen molar-refractivity contribution in [3.05, 3.63) is 42.2 Å². The van der Waals surface area contributed by atoms with Gasteiger partial charge in [0.2, 0.25) is 0 Å². The van der Waals surface area contributed by atoms with Gasteiger partial charge in [-0.3, -0.25) is 4.79 Å². The Morgan fingerprint density at radius 2 is 2.10 bits per heavy atom. The Kier molecular flexibility index (Phi) is 3.15. The number of aliphatic hydroxyl groups excluding tert-OH is 1. The van der Waals surface area contributed by atoms with E-state index >= 15 is 0 Å². The predicted molar refractivity (Wildman–Crippen MR) is 74.5 cm³/mol. The van der Waals surface area contributed by atoms with Crippen molar-refractivity contribution in [1.29, 1.82) is 0 Å². The van der Waals surface area contributed by atoms with Gasteiger partial charge in [-0.25, -0.2) is 4.68 Å². The van der Waals surface area contributed by atoms with Crippen molar-refractivity contribution in [2.75, 3.05) is 5.73 Å². The van der Waals surface area contributed by atoms with Crippen LogP contribution < -0.4 is 11.1 Å². The zero-order valence-electron chi connectivity index (χ0n) is 10.9. The third kappa shape index (κ3) is 2.37. The van der Waals surface area contributed by atoms with E-state index in [1.54, 1.807) is 23.0 Å². The van der Waals surface area contributed by atoms with Gasteiger partial charge in [0.05, 0.1) is 17.5 Å². The highest BCUT2D eigenvalue weighted by Crippen LogP contribution is 2.20. The van der Waals surface area contributed by atoms with Crippen LogP contribution in [0, 0.1) is 0 Å². The van der Waals surface area contributed by atoms with Crippen LogP contribution in [0.15, 0.2) is 36.5 Å². The van der Waals surface area contributed by atoms with E-state index in [2.05, 4.69) is 10.4 Å². The van der Waals surface area contributed by atoms with Crippen LogP contribution in [-0.2, 0) is 0 Å². The molecule has 1 saturated carbocycles. The molecule has 4 N–H and O–H groups in total. The number of carbonyl (C=O) groups excluding carboxylic acids is 1. The number of anilines is 1. The zero-order chi connectivity index (χ0) is 14.1. The molecule has 20 heavy (non-hydrogen) atoms. The fraction of sp³-hybridized carbons (Fsp3) is 0.286. The van der Waals surface area contributed by atoms with Gasteiger partial charge < -0.3 is 16.2 Å². The molecule has 0 spiro atoms. The number of benzene rings is 1. The highest BCUT2D eigenvalue weighted by atomic mass is 16.3. The number of nitrogens with zero attached hydrogens (tertiary/aromatic N) is 2. The number of aliphatic hydroxyl groups is 1. The molecular formula is C14H16N4O2. The van der Waals surface area contributed by atoms with Crippen LogP contribution >= 0.6 is 0 Å². The Morgan fingerprint density at radius 1 is 1.35 bits per heavy atom. The molecule has 0 saturated heterocycles. The number of nitrogen functional groups attached to an aromatic ring is 1. The molecular weight excluding hydrogens is 256 g/mol. The number of hydrogen-bond donors (Lipinski definition) is 3. The average Bonchev–Trinajstić information content (AvgIpc) is 2.87. The van der Waals surface area contributed by atoms with Crippen molar-refractivity contribution in [3.8, 4) is 5.69 Å². The fourth-order valence-electron chi connectivity index (χ4n) is 2.24. The summed E-state index contributed by atoms with van der Waals surface area (Å²) in [4.78, 5) is 12.0. The highest BCUT2D eigenvalue weighted by Gasteiger charge is 2.29. The molecule has 1 aromatic carbocycles. The number of rotatable bonds is 3. The Bertz CT molecular complexity index is 632. The molecule has 1 aliphatic rings. The van der Waals surface area contributed by atoms with Crippen molar-refractivity contribution in [1.82, 2.24) is 15.1 Å². The Balaban J connectivity index is 1.73. The molecule has 1 heterocycles. The minimum absolute atomic E-state index is 0.0458. The van der Waals surface area contributed by atoms with E-state index in [0.717, 1.165) is 5.69 Å². The van der Waals surface area contributed by atoms with Gasteiger partial charge in [-0.2, -0.15) is 5.10 Å². The SMILES string of the molecule is Nc1ccccc1-n1ccc(C(=O)NC2CC(O)C2)n1. The lowest BCUT2D eigenvalue weighted by Crippen LogP contribution is -2.46. The molecule has 0 aliphatic heterocycles. The smallest absolute Gasteiger partial charge is 0.272 e. The third-order valence-electron chi connectivity index (χ3n) is 3.45. The molecule has 0 atom stereocenters. The van der Waals surface area contributed by atoms with E-state index in [-0.39, 0.29) is 18.1 Å². The van der Waals surface area contributed by atoms with Gasteiger partial charge in [-0.1, -0.05) is 12.1 Å². The van der Waals surface area contributed by atoms with Crippen LogP contribution in [-0.4, -0.2) is 32.9 Å². The maximum Gasteiger partial charge on any atom is 0.272 e. The van der Waals surface area contributed by atoms with Gasteiger partial charge in [0.1, 0.15) is 0 Å². The summed E-state index contributed by atoms with van der Waals surface area (Å²) in [5, 5.41) is 16.3. The van der Waals surface area contributed by atoms with E-state index in [1.165, 1.54) is 0 Å². The number of nitrogens with two attached hydrogens (primary N) is 1. The van der Waals surface area contributed by atoms with Crippen molar-refractivity contribution < 1.29 is 9.90 Å². The number of amides is 1. The number of nitrogens with one attached hydrogen (secondary N) is 1. The summed E-state index contributed by atoms with van der Waals surface area (Å²) in [7, 11) is 0. The molecule has 1 amide bonds.